The molecule has 50 heavy (non-hydrogen) atoms. The van der Waals surface area contributed by atoms with Gasteiger partial charge in [0.1, 0.15) is 17.0 Å². The van der Waals surface area contributed by atoms with Gasteiger partial charge < -0.3 is 29.2 Å². The number of aromatic nitrogens is 4. The molecule has 1 N–H and O–H groups in total. The molecule has 6 rings (SSSR count). The molecule has 0 spiro atoms. The van der Waals surface area contributed by atoms with Crippen LogP contribution in [0.2, 0.25) is 0 Å². The molecule has 1 saturated heterocycles. The molecule has 1 atom stereocenters. The first-order valence-electron chi connectivity index (χ1n) is 16.6. The maximum atomic E-state index is 13.9. The monoisotopic (exact) mass is 685 g/mol. The first-order valence-corrected chi connectivity index (χ1v) is 16.6. The SMILES string of the molecule is COc1ccc2c(c1)C(Cc1ccc3c(Nc4nc(N5CCCC5)ncc4OC)nn(C(=O)OC(C)(C)C)c3c1)C(=O)N2C(=O)OC(C)(C)C. The van der Waals surface area contributed by atoms with Gasteiger partial charge in [0.15, 0.2) is 17.4 Å². The minimum Gasteiger partial charge on any atom is -0.497 e. The van der Waals surface area contributed by atoms with Gasteiger partial charge in [-0.1, -0.05) is 6.07 Å². The van der Waals surface area contributed by atoms with E-state index in [1.165, 1.54) is 11.8 Å². The van der Waals surface area contributed by atoms with Crippen LogP contribution in [0.3, 0.4) is 0 Å². The molecule has 0 bridgehead atoms. The molecule has 14 nitrogen and oxygen atoms in total. The van der Waals surface area contributed by atoms with Crippen molar-refractivity contribution in [1.82, 2.24) is 19.7 Å². The number of carbonyl (C=O) groups is 3. The van der Waals surface area contributed by atoms with Crippen molar-refractivity contribution in [3.05, 3.63) is 53.7 Å². The molecule has 264 valence electrons. The second-order valence-electron chi connectivity index (χ2n) is 14.3. The number of imide groups is 1. The van der Waals surface area contributed by atoms with Gasteiger partial charge in [0, 0.05) is 18.5 Å². The van der Waals surface area contributed by atoms with Gasteiger partial charge in [0.25, 0.3) is 0 Å². The van der Waals surface area contributed by atoms with E-state index < -0.39 is 35.2 Å². The molecule has 0 aliphatic carbocycles. The predicted octanol–water partition coefficient (Wildman–Crippen LogP) is 6.58. The summed E-state index contributed by atoms with van der Waals surface area (Å²) in [6, 6.07) is 10.6. The third kappa shape index (κ3) is 7.00. The first-order chi connectivity index (χ1) is 23.7. The molecule has 2 amide bonds. The molecular weight excluding hydrogens is 642 g/mol. The van der Waals surface area contributed by atoms with Crippen LogP contribution in [0.5, 0.6) is 11.5 Å². The summed E-state index contributed by atoms with van der Waals surface area (Å²) in [6.07, 6.45) is 2.53. The van der Waals surface area contributed by atoms with Crippen molar-refractivity contribution in [2.24, 2.45) is 0 Å². The standard InChI is InChI=1S/C36H43N7O7/c1-35(2,3)49-33(45)42-26-14-12-22(47-7)19-24(26)25(31(42)44)17-21-11-13-23-27(18-21)43(34(46)50-36(4,5)6)40-29(23)38-30-28(48-8)20-37-32(39-30)41-15-9-10-16-41/h11-14,18-20,25H,9-10,15-17H2,1-8H3,(H,37,38,39,40). The Hall–Kier alpha value is -5.40. The van der Waals surface area contributed by atoms with E-state index in [4.69, 9.17) is 23.9 Å². The van der Waals surface area contributed by atoms with Crippen LogP contribution in [-0.2, 0) is 20.7 Å². The Morgan fingerprint density at radius 3 is 2.26 bits per heavy atom. The number of carbonyl (C=O) groups excluding carboxylic acids is 3. The lowest BCUT2D eigenvalue weighted by molar-refractivity contribution is -0.119. The average molecular weight is 686 g/mol. The van der Waals surface area contributed by atoms with Crippen molar-refractivity contribution in [1.29, 1.82) is 0 Å². The van der Waals surface area contributed by atoms with Crippen LogP contribution in [0.25, 0.3) is 10.9 Å². The Balaban J connectivity index is 1.39. The Labute approximate surface area is 290 Å². The van der Waals surface area contributed by atoms with Gasteiger partial charge in [-0.3, -0.25) is 4.79 Å². The molecular formula is C36H43N7O7. The number of benzene rings is 2. The average Bonchev–Trinajstić information content (AvgIpc) is 3.77. The fourth-order valence-electron chi connectivity index (χ4n) is 6.08. The first kappa shape index (κ1) is 34.5. The highest BCUT2D eigenvalue weighted by atomic mass is 16.6. The van der Waals surface area contributed by atoms with E-state index in [2.05, 4.69) is 20.3 Å². The maximum absolute atomic E-state index is 13.9. The summed E-state index contributed by atoms with van der Waals surface area (Å²) in [7, 11) is 3.08. The minimum absolute atomic E-state index is 0.218. The third-order valence-electron chi connectivity index (χ3n) is 8.29. The number of nitrogens with one attached hydrogen (secondary N) is 1. The van der Waals surface area contributed by atoms with E-state index >= 15 is 0 Å². The van der Waals surface area contributed by atoms with Crippen molar-refractivity contribution >= 4 is 52.3 Å². The highest BCUT2D eigenvalue weighted by Gasteiger charge is 2.43. The Bertz CT molecular complexity index is 1950. The van der Waals surface area contributed by atoms with Gasteiger partial charge in [-0.25, -0.2) is 19.5 Å². The number of amides is 2. The summed E-state index contributed by atoms with van der Waals surface area (Å²) in [6.45, 7) is 12.3. The van der Waals surface area contributed by atoms with E-state index in [1.54, 1.807) is 79.1 Å². The van der Waals surface area contributed by atoms with Crippen molar-refractivity contribution in [3.63, 3.8) is 0 Å². The minimum atomic E-state index is -0.801. The van der Waals surface area contributed by atoms with E-state index in [9.17, 15) is 14.4 Å². The zero-order chi connectivity index (χ0) is 36.0. The number of methoxy groups -OCH3 is 2. The summed E-state index contributed by atoms with van der Waals surface area (Å²) in [5.74, 6) is 1.13. The Kier molecular flexibility index (Phi) is 9.06. The van der Waals surface area contributed by atoms with Gasteiger partial charge in [0.05, 0.1) is 37.5 Å². The van der Waals surface area contributed by atoms with Crippen molar-refractivity contribution in [3.8, 4) is 11.5 Å². The van der Waals surface area contributed by atoms with Crippen molar-refractivity contribution < 1.29 is 33.3 Å². The van der Waals surface area contributed by atoms with Crippen LogP contribution in [0.1, 0.15) is 71.4 Å². The van der Waals surface area contributed by atoms with Gasteiger partial charge in [0.2, 0.25) is 11.9 Å². The van der Waals surface area contributed by atoms with E-state index in [0.717, 1.165) is 36.4 Å². The molecule has 2 aliphatic heterocycles. The fraction of sp³-hybridized carbons (Fsp3) is 0.444. The van der Waals surface area contributed by atoms with E-state index in [0.29, 0.717) is 51.2 Å². The molecule has 4 heterocycles. The molecule has 2 aromatic heterocycles. The molecule has 0 saturated carbocycles. The molecule has 2 aromatic carbocycles. The van der Waals surface area contributed by atoms with E-state index in [-0.39, 0.29) is 6.42 Å². The van der Waals surface area contributed by atoms with Crippen LogP contribution in [0, 0.1) is 0 Å². The largest absolute Gasteiger partial charge is 0.497 e. The fourth-order valence-corrected chi connectivity index (χ4v) is 6.08. The number of hydrogen-bond acceptors (Lipinski definition) is 12. The zero-order valence-electron chi connectivity index (χ0n) is 29.7. The predicted molar refractivity (Wildman–Crippen MR) is 188 cm³/mol. The summed E-state index contributed by atoms with van der Waals surface area (Å²) in [5.41, 5.74) is 0.659. The van der Waals surface area contributed by atoms with Crippen molar-refractivity contribution in [2.75, 3.05) is 42.4 Å². The second-order valence-corrected chi connectivity index (χ2v) is 14.3. The lowest BCUT2D eigenvalue weighted by Crippen LogP contribution is -2.39. The summed E-state index contributed by atoms with van der Waals surface area (Å²) < 4.78 is 23.5. The Morgan fingerprint density at radius 2 is 1.60 bits per heavy atom. The van der Waals surface area contributed by atoms with Crippen molar-refractivity contribution in [2.45, 2.75) is 77.9 Å². The van der Waals surface area contributed by atoms with Gasteiger partial charge in [-0.15, -0.1) is 5.10 Å². The number of rotatable bonds is 7. The smallest absolute Gasteiger partial charge is 0.435 e. The number of nitrogens with zero attached hydrogens (tertiary/aromatic N) is 6. The number of ether oxygens (including phenoxy) is 4. The molecule has 4 aromatic rings. The summed E-state index contributed by atoms with van der Waals surface area (Å²) in [5, 5.41) is 8.51. The molecule has 1 unspecified atom stereocenters. The summed E-state index contributed by atoms with van der Waals surface area (Å²) in [4.78, 5) is 53.1. The normalized spacial score (nSPS) is 16.1. The number of anilines is 4. The number of hydrogen-bond donors (Lipinski definition) is 1. The molecule has 2 aliphatic rings. The topological polar surface area (TPSA) is 150 Å². The highest BCUT2D eigenvalue weighted by molar-refractivity contribution is 6.19. The summed E-state index contributed by atoms with van der Waals surface area (Å²) >= 11 is 0. The lowest BCUT2D eigenvalue weighted by atomic mass is 9.92. The van der Waals surface area contributed by atoms with Gasteiger partial charge >= 0.3 is 12.2 Å². The Morgan fingerprint density at radius 1 is 0.900 bits per heavy atom. The number of fused-ring (bicyclic) bond motifs is 2. The van der Waals surface area contributed by atoms with Gasteiger partial charge in [-0.05, 0) is 102 Å². The molecule has 14 heteroatoms. The molecule has 1 fully saturated rings. The van der Waals surface area contributed by atoms with Crippen LogP contribution in [0.4, 0.5) is 32.9 Å². The highest BCUT2D eigenvalue weighted by Crippen LogP contribution is 2.42. The third-order valence-corrected chi connectivity index (χ3v) is 8.29. The quantitative estimate of drug-likeness (QED) is 0.224. The van der Waals surface area contributed by atoms with Crippen LogP contribution in [-0.4, -0.2) is 76.4 Å². The zero-order valence-corrected chi connectivity index (χ0v) is 29.7. The van der Waals surface area contributed by atoms with Crippen LogP contribution in [0.15, 0.2) is 42.6 Å². The maximum Gasteiger partial charge on any atom is 0.435 e. The van der Waals surface area contributed by atoms with Crippen LogP contribution >= 0.6 is 0 Å². The van der Waals surface area contributed by atoms with E-state index in [1.807, 2.05) is 12.1 Å². The molecule has 0 radical (unpaired) electrons. The second kappa shape index (κ2) is 13.1. The van der Waals surface area contributed by atoms with Gasteiger partial charge in [-0.2, -0.15) is 9.67 Å². The lowest BCUT2D eigenvalue weighted by Gasteiger charge is -2.24. The van der Waals surface area contributed by atoms with Crippen LogP contribution < -0.4 is 24.6 Å².